The molecule has 0 spiro atoms. The number of carbonyl (C=O) groups excluding carboxylic acids is 1. The molecule has 3 N–H and O–H groups in total. The Bertz CT molecular complexity index is 1290. The van der Waals surface area contributed by atoms with E-state index in [2.05, 4.69) is 5.10 Å². The summed E-state index contributed by atoms with van der Waals surface area (Å²) in [6.07, 6.45) is 1.67. The molecule has 0 saturated heterocycles. The maximum absolute atomic E-state index is 14.9. The minimum Gasteiger partial charge on any atom is -0.478 e. The van der Waals surface area contributed by atoms with Crippen LogP contribution in [0.25, 0.3) is 32.9 Å². The molecule has 0 fully saturated rings. The molecular weight excluding hydrogens is 393 g/mol. The molecule has 6 nitrogen and oxygen atoms in total. The van der Waals surface area contributed by atoms with Crippen LogP contribution in [0.3, 0.4) is 0 Å². The van der Waals surface area contributed by atoms with Crippen LogP contribution in [0.5, 0.6) is 0 Å². The number of nitrogens with zero attached hydrogens (tertiary/aromatic N) is 2. The van der Waals surface area contributed by atoms with Crippen LogP contribution < -0.4 is 5.73 Å². The summed E-state index contributed by atoms with van der Waals surface area (Å²) in [5, 5.41) is 15.2. The van der Waals surface area contributed by atoms with Crippen LogP contribution >= 0.6 is 11.8 Å². The van der Waals surface area contributed by atoms with E-state index >= 15 is 0 Å². The van der Waals surface area contributed by atoms with E-state index in [4.69, 9.17) is 5.73 Å². The number of amides is 1. The number of halogens is 1. The number of primary amides is 1. The molecule has 0 saturated carbocycles. The first-order chi connectivity index (χ1) is 13.9. The molecule has 0 aliphatic carbocycles. The van der Waals surface area contributed by atoms with Gasteiger partial charge in [-0.15, -0.1) is 11.8 Å². The minimum absolute atomic E-state index is 0.0382. The highest BCUT2D eigenvalue weighted by molar-refractivity contribution is 7.99. The van der Waals surface area contributed by atoms with Crippen LogP contribution in [-0.4, -0.2) is 33.0 Å². The van der Waals surface area contributed by atoms with Gasteiger partial charge in [-0.25, -0.2) is 13.9 Å². The van der Waals surface area contributed by atoms with Crippen LogP contribution in [0, 0.1) is 5.82 Å². The predicted octanol–water partition coefficient (Wildman–Crippen LogP) is 4.04. The maximum Gasteiger partial charge on any atom is 0.335 e. The van der Waals surface area contributed by atoms with Gasteiger partial charge in [0, 0.05) is 10.9 Å². The lowest BCUT2D eigenvalue weighted by Crippen LogP contribution is -2.25. The highest BCUT2D eigenvalue weighted by Crippen LogP contribution is 2.35. The summed E-state index contributed by atoms with van der Waals surface area (Å²) >= 11 is 1.12. The highest BCUT2D eigenvalue weighted by Gasteiger charge is 2.26. The van der Waals surface area contributed by atoms with E-state index in [1.807, 2.05) is 42.5 Å². The van der Waals surface area contributed by atoms with Crippen molar-refractivity contribution >= 4 is 45.3 Å². The molecule has 4 aromatic rings. The van der Waals surface area contributed by atoms with E-state index in [9.17, 15) is 19.1 Å². The Balaban J connectivity index is 2.06. The van der Waals surface area contributed by atoms with E-state index in [1.54, 1.807) is 6.26 Å². The number of hydrogen-bond acceptors (Lipinski definition) is 4. The first-order valence-corrected chi connectivity index (χ1v) is 9.96. The van der Waals surface area contributed by atoms with E-state index < -0.39 is 23.1 Å². The number of carbonyl (C=O) groups is 2. The number of nitrogens with two attached hydrogens (primary N) is 1. The van der Waals surface area contributed by atoms with Gasteiger partial charge in [0.25, 0.3) is 5.91 Å². The van der Waals surface area contributed by atoms with Gasteiger partial charge in [-0.05, 0) is 35.2 Å². The lowest BCUT2D eigenvalue weighted by atomic mass is 10.0. The number of benzene rings is 3. The van der Waals surface area contributed by atoms with Crippen molar-refractivity contribution in [2.24, 2.45) is 5.73 Å². The van der Waals surface area contributed by atoms with Crippen molar-refractivity contribution in [3.05, 3.63) is 66.0 Å². The number of fused-ring (bicyclic) bond motifs is 2. The third kappa shape index (κ3) is 3.21. The quantitative estimate of drug-likeness (QED) is 0.518. The second-order valence-corrected chi connectivity index (χ2v) is 7.42. The fourth-order valence-electron chi connectivity index (χ4n) is 3.40. The molecule has 29 heavy (non-hydrogen) atoms. The zero-order valence-corrected chi connectivity index (χ0v) is 16.1. The smallest absolute Gasteiger partial charge is 0.335 e. The first kappa shape index (κ1) is 18.9. The van der Waals surface area contributed by atoms with E-state index in [0.29, 0.717) is 16.6 Å². The Labute approximate surface area is 169 Å². The van der Waals surface area contributed by atoms with Crippen LogP contribution in [0.2, 0.25) is 0 Å². The molecule has 4 rings (SSSR count). The van der Waals surface area contributed by atoms with Crippen LogP contribution in [0.15, 0.2) is 54.6 Å². The Kier molecular flexibility index (Phi) is 4.71. The monoisotopic (exact) mass is 409 g/mol. The van der Waals surface area contributed by atoms with Gasteiger partial charge in [-0.3, -0.25) is 4.79 Å². The summed E-state index contributed by atoms with van der Waals surface area (Å²) in [6, 6.07) is 15.7. The second kappa shape index (κ2) is 7.21. The summed E-state index contributed by atoms with van der Waals surface area (Å²) in [5.41, 5.74) is 6.39. The van der Waals surface area contributed by atoms with Crippen molar-refractivity contribution in [2.45, 2.75) is 5.37 Å². The highest BCUT2D eigenvalue weighted by atomic mass is 32.2. The largest absolute Gasteiger partial charge is 0.478 e. The van der Waals surface area contributed by atoms with Crippen molar-refractivity contribution in [3.8, 4) is 11.3 Å². The van der Waals surface area contributed by atoms with Crippen LogP contribution in [0.1, 0.15) is 15.7 Å². The van der Waals surface area contributed by atoms with Gasteiger partial charge in [0.05, 0.1) is 5.56 Å². The average molecular weight is 409 g/mol. The summed E-state index contributed by atoms with van der Waals surface area (Å²) in [6.45, 7) is 0. The maximum atomic E-state index is 14.9. The molecule has 1 aromatic heterocycles. The molecule has 0 aliphatic rings. The first-order valence-electron chi connectivity index (χ1n) is 8.67. The summed E-state index contributed by atoms with van der Waals surface area (Å²) < 4.78 is 16.2. The number of aromatic carboxylic acids is 1. The van der Waals surface area contributed by atoms with Crippen molar-refractivity contribution in [2.75, 3.05) is 6.26 Å². The van der Waals surface area contributed by atoms with Gasteiger partial charge in [-0.1, -0.05) is 36.4 Å². The van der Waals surface area contributed by atoms with Gasteiger partial charge in [0.15, 0.2) is 5.37 Å². The van der Waals surface area contributed by atoms with Gasteiger partial charge in [0.1, 0.15) is 17.0 Å². The molecule has 3 aromatic carbocycles. The molecule has 146 valence electrons. The van der Waals surface area contributed by atoms with Crippen LogP contribution in [-0.2, 0) is 4.79 Å². The third-order valence-corrected chi connectivity index (χ3v) is 5.59. The molecule has 1 heterocycles. The van der Waals surface area contributed by atoms with Gasteiger partial charge >= 0.3 is 5.97 Å². The Morgan fingerprint density at radius 1 is 1.14 bits per heavy atom. The standard InChI is InChI=1S/C21H16FN3O3S/c1-29-20(19(23)26)25-18-15(9-14(21(27)28)10-16(18)22)17(24-25)13-7-6-11-4-2-3-5-12(11)8-13/h2-10,20H,1H3,(H2,23,26)(H,27,28). The molecule has 1 atom stereocenters. The number of thioether (sulfide) groups is 1. The summed E-state index contributed by atoms with van der Waals surface area (Å²) in [4.78, 5) is 23.4. The Morgan fingerprint density at radius 3 is 2.52 bits per heavy atom. The van der Waals surface area contributed by atoms with E-state index in [1.165, 1.54) is 10.7 Å². The molecule has 1 amide bonds. The molecule has 0 aliphatic heterocycles. The minimum atomic E-state index is -1.25. The topological polar surface area (TPSA) is 98.2 Å². The van der Waals surface area contributed by atoms with Gasteiger partial charge in [-0.2, -0.15) is 5.10 Å². The lowest BCUT2D eigenvalue weighted by molar-refractivity contribution is -0.118. The Hall–Kier alpha value is -3.39. The Morgan fingerprint density at radius 2 is 1.86 bits per heavy atom. The van der Waals surface area contributed by atoms with Gasteiger partial charge in [0.2, 0.25) is 0 Å². The van der Waals surface area contributed by atoms with Crippen molar-refractivity contribution in [3.63, 3.8) is 0 Å². The van der Waals surface area contributed by atoms with E-state index in [0.717, 1.165) is 28.6 Å². The summed E-state index contributed by atoms with van der Waals surface area (Å²) in [5.74, 6) is -2.70. The second-order valence-electron chi connectivity index (χ2n) is 6.50. The molecule has 1 unspecified atom stereocenters. The van der Waals surface area contributed by atoms with Crippen molar-refractivity contribution in [1.29, 1.82) is 0 Å². The molecule has 8 heteroatoms. The molecule has 0 radical (unpaired) electrons. The lowest BCUT2D eigenvalue weighted by Gasteiger charge is -2.12. The van der Waals surface area contributed by atoms with E-state index in [-0.39, 0.29) is 11.1 Å². The molecular formula is C21H16FN3O3S. The predicted molar refractivity (Wildman–Crippen MR) is 111 cm³/mol. The fourth-order valence-corrected chi connectivity index (χ4v) is 3.99. The number of carboxylic acids is 1. The zero-order chi connectivity index (χ0) is 20.7. The summed E-state index contributed by atoms with van der Waals surface area (Å²) in [7, 11) is 0. The van der Waals surface area contributed by atoms with Crippen LogP contribution in [0.4, 0.5) is 4.39 Å². The van der Waals surface area contributed by atoms with Crippen molar-refractivity contribution in [1.82, 2.24) is 9.78 Å². The zero-order valence-electron chi connectivity index (χ0n) is 15.3. The third-order valence-electron chi connectivity index (χ3n) is 4.71. The number of carboxylic acid groups (broad SMARTS) is 1. The number of hydrogen-bond donors (Lipinski definition) is 2. The average Bonchev–Trinajstić information content (AvgIpc) is 3.07. The normalized spacial score (nSPS) is 12.3. The van der Waals surface area contributed by atoms with Gasteiger partial charge < -0.3 is 10.8 Å². The number of aromatic nitrogens is 2. The fraction of sp³-hybridized carbons (Fsp3) is 0.0952. The molecule has 0 bridgehead atoms. The van der Waals surface area contributed by atoms with Crippen molar-refractivity contribution < 1.29 is 19.1 Å². The number of rotatable bonds is 5. The SMILES string of the molecule is CSC(C(N)=O)n1nc(-c2ccc3ccccc3c2)c2cc(C(=O)O)cc(F)c21.